The van der Waals surface area contributed by atoms with Crippen molar-refractivity contribution in [2.45, 2.75) is 23.1 Å². The van der Waals surface area contributed by atoms with Gasteiger partial charge in [-0.1, -0.05) is 23.2 Å². The van der Waals surface area contributed by atoms with Crippen LogP contribution in [0.3, 0.4) is 0 Å². The van der Waals surface area contributed by atoms with Gasteiger partial charge in [0.1, 0.15) is 0 Å². The van der Waals surface area contributed by atoms with E-state index >= 15 is 0 Å². The van der Waals surface area contributed by atoms with Gasteiger partial charge in [-0.05, 0) is 37.0 Å². The van der Waals surface area contributed by atoms with Gasteiger partial charge in [-0.25, -0.2) is 13.1 Å². The van der Waals surface area contributed by atoms with Crippen LogP contribution >= 0.6 is 34.8 Å². The molecule has 7 heteroatoms. The number of sulfonamides is 1. The summed E-state index contributed by atoms with van der Waals surface area (Å²) in [5.41, 5.74) is 0. The fraction of sp³-hybridized carbons (Fsp3) is 0.455. The first-order valence-corrected chi connectivity index (χ1v) is 8.15. The van der Waals surface area contributed by atoms with Crippen molar-refractivity contribution in [1.29, 1.82) is 0 Å². The summed E-state index contributed by atoms with van der Waals surface area (Å²) in [6.07, 6.45) is 1.71. The van der Waals surface area contributed by atoms with Crippen LogP contribution in [0, 0.1) is 5.92 Å². The summed E-state index contributed by atoms with van der Waals surface area (Å²) in [6.45, 7) is 0.409. The van der Waals surface area contributed by atoms with Crippen LogP contribution < -0.4 is 4.72 Å². The van der Waals surface area contributed by atoms with Gasteiger partial charge in [-0.15, -0.1) is 11.6 Å². The quantitative estimate of drug-likeness (QED) is 0.862. The predicted molar refractivity (Wildman–Crippen MR) is 74.0 cm³/mol. The van der Waals surface area contributed by atoms with Gasteiger partial charge in [0.05, 0.1) is 14.9 Å². The Morgan fingerprint density at radius 1 is 1.22 bits per heavy atom. The first kappa shape index (κ1) is 14.4. The van der Waals surface area contributed by atoms with Crippen LogP contribution in [0.15, 0.2) is 23.1 Å². The first-order valence-electron chi connectivity index (χ1n) is 5.47. The number of halogens is 3. The van der Waals surface area contributed by atoms with E-state index in [1.165, 1.54) is 18.2 Å². The van der Waals surface area contributed by atoms with Gasteiger partial charge in [0.25, 0.3) is 0 Å². The van der Waals surface area contributed by atoms with Crippen LogP contribution in [0.1, 0.15) is 12.8 Å². The highest BCUT2D eigenvalue weighted by Crippen LogP contribution is 2.31. The summed E-state index contributed by atoms with van der Waals surface area (Å²) < 4.78 is 26.5. The zero-order valence-electron chi connectivity index (χ0n) is 9.37. The molecule has 0 unspecified atom stereocenters. The number of nitrogens with one attached hydrogen (secondary N) is 1. The van der Waals surface area contributed by atoms with Gasteiger partial charge in [-0.2, -0.15) is 0 Å². The van der Waals surface area contributed by atoms with Crippen molar-refractivity contribution in [2.24, 2.45) is 5.92 Å². The van der Waals surface area contributed by atoms with Crippen LogP contribution in [0.4, 0.5) is 0 Å². The van der Waals surface area contributed by atoms with Crippen molar-refractivity contribution in [3.8, 4) is 0 Å². The Morgan fingerprint density at radius 3 is 2.44 bits per heavy atom. The third-order valence-electron chi connectivity index (χ3n) is 2.94. The van der Waals surface area contributed by atoms with Gasteiger partial charge in [0, 0.05) is 11.9 Å². The average Bonchev–Trinajstić information content (AvgIpc) is 2.26. The molecule has 1 N–H and O–H groups in total. The van der Waals surface area contributed by atoms with Gasteiger partial charge < -0.3 is 0 Å². The molecular weight excluding hydrogens is 317 g/mol. The van der Waals surface area contributed by atoms with Crippen LogP contribution in [0.5, 0.6) is 0 Å². The average molecular weight is 329 g/mol. The second kappa shape index (κ2) is 5.55. The lowest BCUT2D eigenvalue weighted by Crippen LogP contribution is -2.36. The minimum absolute atomic E-state index is 0.124. The van der Waals surface area contributed by atoms with Crippen LogP contribution in [0.25, 0.3) is 0 Å². The zero-order chi connectivity index (χ0) is 13.3. The molecule has 1 saturated carbocycles. The van der Waals surface area contributed by atoms with E-state index in [-0.39, 0.29) is 15.3 Å². The molecule has 0 bridgehead atoms. The van der Waals surface area contributed by atoms with Crippen molar-refractivity contribution < 1.29 is 8.42 Å². The summed E-state index contributed by atoms with van der Waals surface area (Å²) in [7, 11) is -3.52. The van der Waals surface area contributed by atoms with Crippen molar-refractivity contribution in [1.82, 2.24) is 4.72 Å². The van der Waals surface area contributed by atoms with Crippen LogP contribution in [-0.4, -0.2) is 20.3 Å². The Morgan fingerprint density at radius 2 is 1.89 bits per heavy atom. The first-order chi connectivity index (χ1) is 8.38. The fourth-order valence-electron chi connectivity index (χ4n) is 1.78. The third-order valence-corrected chi connectivity index (χ3v) is 5.46. The molecule has 1 fully saturated rings. The van der Waals surface area contributed by atoms with Gasteiger partial charge >= 0.3 is 0 Å². The molecule has 1 aromatic carbocycles. The topological polar surface area (TPSA) is 46.2 Å². The summed E-state index contributed by atoms with van der Waals surface area (Å²) in [5.74, 6) is 0.324. The highest BCUT2D eigenvalue weighted by molar-refractivity contribution is 7.89. The molecule has 2 rings (SSSR count). The molecule has 1 aromatic rings. The molecule has 18 heavy (non-hydrogen) atoms. The molecule has 0 heterocycles. The highest BCUT2D eigenvalue weighted by atomic mass is 35.5. The van der Waals surface area contributed by atoms with Crippen molar-refractivity contribution in [2.75, 3.05) is 6.54 Å². The number of alkyl halides is 1. The smallest absolute Gasteiger partial charge is 0.211 e. The Hall–Kier alpha value is -0.000000000000000111. The monoisotopic (exact) mass is 327 g/mol. The Labute approximate surface area is 121 Å². The van der Waals surface area contributed by atoms with Crippen LogP contribution in [0.2, 0.25) is 10.0 Å². The van der Waals surface area contributed by atoms with E-state index in [2.05, 4.69) is 4.72 Å². The lowest BCUT2D eigenvalue weighted by atomic mass is 9.85. The Bertz CT molecular complexity index is 541. The second-order valence-electron chi connectivity index (χ2n) is 4.36. The molecule has 0 atom stereocenters. The standard InChI is InChI=1S/C11H12Cl3NO2S/c12-8-3-7(4-8)6-15-18(16,17)9-1-2-10(13)11(14)5-9/h1-2,5,7-8,15H,3-4,6H2. The summed E-state index contributed by atoms with van der Waals surface area (Å²) in [4.78, 5) is 0.124. The lowest BCUT2D eigenvalue weighted by Gasteiger charge is -2.30. The largest absolute Gasteiger partial charge is 0.240 e. The van der Waals surface area contributed by atoms with Crippen LogP contribution in [-0.2, 0) is 10.0 Å². The highest BCUT2D eigenvalue weighted by Gasteiger charge is 2.28. The van der Waals surface area contributed by atoms with Crippen molar-refractivity contribution >= 4 is 44.8 Å². The van der Waals surface area contributed by atoms with E-state index in [1.807, 2.05) is 0 Å². The molecule has 0 spiro atoms. The minimum Gasteiger partial charge on any atom is -0.211 e. The van der Waals surface area contributed by atoms with E-state index in [0.29, 0.717) is 17.5 Å². The zero-order valence-corrected chi connectivity index (χ0v) is 12.5. The van der Waals surface area contributed by atoms with E-state index in [9.17, 15) is 8.42 Å². The third kappa shape index (κ3) is 3.31. The maximum absolute atomic E-state index is 12.0. The summed E-state index contributed by atoms with van der Waals surface area (Å²) >= 11 is 17.4. The number of hydrogen-bond donors (Lipinski definition) is 1. The van der Waals surface area contributed by atoms with Crippen molar-refractivity contribution in [3.05, 3.63) is 28.2 Å². The summed E-state index contributed by atoms with van der Waals surface area (Å²) in [6, 6.07) is 4.25. The number of hydrogen-bond acceptors (Lipinski definition) is 2. The SMILES string of the molecule is O=S(=O)(NCC1CC(Cl)C1)c1ccc(Cl)c(Cl)c1. The maximum atomic E-state index is 12.0. The Balaban J connectivity index is 2.03. The van der Waals surface area contributed by atoms with E-state index in [1.54, 1.807) is 0 Å². The number of benzene rings is 1. The molecule has 1 aliphatic carbocycles. The molecule has 100 valence electrons. The molecule has 0 radical (unpaired) electrons. The van der Waals surface area contributed by atoms with E-state index in [4.69, 9.17) is 34.8 Å². The molecule has 0 aliphatic heterocycles. The normalized spacial score (nSPS) is 23.7. The molecule has 1 aliphatic rings. The molecular formula is C11H12Cl3NO2S. The minimum atomic E-state index is -3.52. The fourth-order valence-corrected chi connectivity index (χ4v) is 3.78. The van der Waals surface area contributed by atoms with Gasteiger partial charge in [0.2, 0.25) is 10.0 Å². The predicted octanol–water partition coefficient (Wildman–Crippen LogP) is 3.29. The Kier molecular flexibility index (Phi) is 4.44. The molecule has 0 saturated heterocycles. The van der Waals surface area contributed by atoms with E-state index < -0.39 is 10.0 Å². The van der Waals surface area contributed by atoms with Crippen molar-refractivity contribution in [3.63, 3.8) is 0 Å². The van der Waals surface area contributed by atoms with Gasteiger partial charge in [-0.3, -0.25) is 0 Å². The summed E-state index contributed by atoms with van der Waals surface area (Å²) in [5, 5.41) is 0.744. The second-order valence-corrected chi connectivity index (χ2v) is 7.56. The van der Waals surface area contributed by atoms with E-state index in [0.717, 1.165) is 12.8 Å². The molecule has 3 nitrogen and oxygen atoms in total. The lowest BCUT2D eigenvalue weighted by molar-refractivity contribution is 0.324. The molecule has 0 amide bonds. The van der Waals surface area contributed by atoms with Gasteiger partial charge in [0.15, 0.2) is 0 Å². The maximum Gasteiger partial charge on any atom is 0.240 e. The number of rotatable bonds is 4. The molecule has 0 aromatic heterocycles.